The van der Waals surface area contributed by atoms with Gasteiger partial charge in [0.25, 0.3) is 6.43 Å². The van der Waals surface area contributed by atoms with Crippen LogP contribution in [0.3, 0.4) is 0 Å². The van der Waals surface area contributed by atoms with Crippen molar-refractivity contribution in [3.05, 3.63) is 0 Å². The van der Waals surface area contributed by atoms with Gasteiger partial charge in [-0.15, -0.1) is 0 Å². The first kappa shape index (κ1) is 16.4. The second-order valence-corrected chi connectivity index (χ2v) is 3.15. The summed E-state index contributed by atoms with van der Waals surface area (Å²) in [6.07, 6.45) is -23.2. The van der Waals surface area contributed by atoms with Gasteiger partial charge in [-0.3, -0.25) is 0 Å². The van der Waals surface area contributed by atoms with E-state index in [0.29, 0.717) is 0 Å². The summed E-state index contributed by atoms with van der Waals surface area (Å²) in [5, 5.41) is 15.8. The van der Waals surface area contributed by atoms with Gasteiger partial charge in [0, 0.05) is 0 Å². The van der Waals surface area contributed by atoms with E-state index in [-0.39, 0.29) is 0 Å². The maximum Gasteiger partial charge on any atom is 0.350 e. The normalized spacial score (nSPS) is 22.1. The maximum atomic E-state index is 12.6. The fourth-order valence-corrected chi connectivity index (χ4v) is 0.854. The first-order valence-corrected chi connectivity index (χ1v) is 4.12. The molecule has 0 rings (SSSR count). The Kier molecular flexibility index (Phi) is 5.59. The van der Waals surface area contributed by atoms with Crippen LogP contribution in [0.2, 0.25) is 0 Å². The molecule has 10 heteroatoms. The van der Waals surface area contributed by atoms with E-state index >= 15 is 0 Å². The standard InChI is InChI=1S/C7H8F8O2/c8-1(2(9)4(11)6(13)14)3(10)5(12)7(15,16)17/h1-6,16-17H. The minimum Gasteiger partial charge on any atom is -0.338 e. The van der Waals surface area contributed by atoms with Crippen LogP contribution in [-0.4, -0.2) is 53.5 Å². The molecule has 0 saturated heterocycles. The highest BCUT2D eigenvalue weighted by atomic mass is 19.3. The van der Waals surface area contributed by atoms with Crippen LogP contribution < -0.4 is 0 Å². The highest BCUT2D eigenvalue weighted by Gasteiger charge is 2.50. The lowest BCUT2D eigenvalue weighted by Crippen LogP contribution is -2.49. The third-order valence-corrected chi connectivity index (χ3v) is 1.78. The van der Waals surface area contributed by atoms with Crippen molar-refractivity contribution in [1.29, 1.82) is 0 Å². The zero-order valence-corrected chi connectivity index (χ0v) is 7.88. The fraction of sp³-hybridized carbons (Fsp3) is 1.00. The molecule has 5 atom stereocenters. The third-order valence-electron chi connectivity index (χ3n) is 1.78. The molecule has 0 aliphatic carbocycles. The molecule has 0 amide bonds. The largest absolute Gasteiger partial charge is 0.350 e. The summed E-state index contributed by atoms with van der Waals surface area (Å²) in [7, 11) is 0. The monoisotopic (exact) mass is 276 g/mol. The zero-order valence-electron chi connectivity index (χ0n) is 7.88. The van der Waals surface area contributed by atoms with Crippen molar-refractivity contribution >= 4 is 0 Å². The molecule has 0 spiro atoms. The Morgan fingerprint density at radius 2 is 1.00 bits per heavy atom. The Balaban J connectivity index is 4.65. The van der Waals surface area contributed by atoms with Gasteiger partial charge >= 0.3 is 6.04 Å². The van der Waals surface area contributed by atoms with E-state index in [0.717, 1.165) is 0 Å². The Bertz CT molecular complexity index is 232. The molecule has 0 aromatic rings. The SMILES string of the molecule is OC(O)(F)C(F)C(F)C(F)C(F)C(F)C(F)F. The summed E-state index contributed by atoms with van der Waals surface area (Å²) in [6, 6.07) is -4.83. The van der Waals surface area contributed by atoms with Crippen LogP contribution in [0.4, 0.5) is 35.1 Å². The Labute approximate surface area is 89.8 Å². The first-order valence-electron chi connectivity index (χ1n) is 4.12. The van der Waals surface area contributed by atoms with E-state index in [2.05, 4.69) is 0 Å². The van der Waals surface area contributed by atoms with Crippen molar-refractivity contribution in [1.82, 2.24) is 0 Å². The van der Waals surface area contributed by atoms with Gasteiger partial charge < -0.3 is 10.2 Å². The summed E-state index contributed by atoms with van der Waals surface area (Å²) in [5.74, 6) is 0. The van der Waals surface area contributed by atoms with Crippen LogP contribution in [0.5, 0.6) is 0 Å². The van der Waals surface area contributed by atoms with Crippen molar-refractivity contribution in [2.24, 2.45) is 0 Å². The molecule has 0 saturated carbocycles. The van der Waals surface area contributed by atoms with Crippen LogP contribution in [0.1, 0.15) is 0 Å². The van der Waals surface area contributed by atoms with Gasteiger partial charge in [0.2, 0.25) is 6.17 Å². The Morgan fingerprint density at radius 1 is 0.647 bits per heavy atom. The lowest BCUT2D eigenvalue weighted by atomic mass is 10.0. The van der Waals surface area contributed by atoms with Crippen LogP contribution in [0, 0.1) is 0 Å². The van der Waals surface area contributed by atoms with Gasteiger partial charge in [0.1, 0.15) is 0 Å². The minimum absolute atomic E-state index is 3.75. The summed E-state index contributed by atoms with van der Waals surface area (Å²) >= 11 is 0. The quantitative estimate of drug-likeness (QED) is 0.571. The van der Waals surface area contributed by atoms with Gasteiger partial charge in [-0.1, -0.05) is 0 Å². The van der Waals surface area contributed by atoms with E-state index in [1.165, 1.54) is 0 Å². The molecule has 0 aromatic carbocycles. The average Bonchev–Trinajstić information content (AvgIpc) is 2.22. The number of rotatable bonds is 6. The van der Waals surface area contributed by atoms with Gasteiger partial charge in [0.15, 0.2) is 24.7 Å². The molecule has 0 aliphatic heterocycles. The van der Waals surface area contributed by atoms with E-state index in [4.69, 9.17) is 10.2 Å². The molecule has 0 radical (unpaired) electrons. The van der Waals surface area contributed by atoms with E-state index in [9.17, 15) is 35.1 Å². The summed E-state index contributed by atoms with van der Waals surface area (Å²) < 4.78 is 97.5. The first-order chi connectivity index (χ1) is 7.50. The fourth-order valence-electron chi connectivity index (χ4n) is 0.854. The average molecular weight is 276 g/mol. The lowest BCUT2D eigenvalue weighted by molar-refractivity contribution is -0.307. The van der Waals surface area contributed by atoms with Crippen molar-refractivity contribution in [2.75, 3.05) is 0 Å². The topological polar surface area (TPSA) is 40.5 Å². The number of hydrogen-bond donors (Lipinski definition) is 2. The maximum absolute atomic E-state index is 12.6. The summed E-state index contributed by atoms with van der Waals surface area (Å²) in [5.41, 5.74) is 0. The molecule has 0 aromatic heterocycles. The van der Waals surface area contributed by atoms with Gasteiger partial charge in [-0.25, -0.2) is 30.7 Å². The van der Waals surface area contributed by atoms with E-state index in [1.54, 1.807) is 0 Å². The van der Waals surface area contributed by atoms with Crippen LogP contribution in [-0.2, 0) is 0 Å². The minimum atomic E-state index is -4.83. The van der Waals surface area contributed by atoms with Crippen LogP contribution >= 0.6 is 0 Å². The molecule has 2 N–H and O–H groups in total. The molecule has 104 valence electrons. The van der Waals surface area contributed by atoms with E-state index in [1.807, 2.05) is 0 Å². The smallest absolute Gasteiger partial charge is 0.338 e. The molecule has 0 fully saturated rings. The molecule has 0 bridgehead atoms. The second kappa shape index (κ2) is 5.80. The number of halogens is 8. The number of alkyl halides is 8. The number of hydrogen-bond acceptors (Lipinski definition) is 2. The van der Waals surface area contributed by atoms with Gasteiger partial charge in [-0.05, 0) is 0 Å². The molecule has 2 nitrogen and oxygen atoms in total. The summed E-state index contributed by atoms with van der Waals surface area (Å²) in [4.78, 5) is 0. The van der Waals surface area contributed by atoms with Crippen molar-refractivity contribution in [2.45, 2.75) is 43.3 Å². The molecule has 17 heavy (non-hydrogen) atoms. The molecule has 0 heterocycles. The molecular weight excluding hydrogens is 268 g/mol. The van der Waals surface area contributed by atoms with Gasteiger partial charge in [-0.2, -0.15) is 4.39 Å². The van der Waals surface area contributed by atoms with Crippen molar-refractivity contribution < 1.29 is 45.3 Å². The molecule has 5 unspecified atom stereocenters. The highest BCUT2D eigenvalue weighted by Crippen LogP contribution is 2.28. The van der Waals surface area contributed by atoms with E-state index < -0.39 is 43.3 Å². The number of aliphatic hydroxyl groups is 2. The van der Waals surface area contributed by atoms with Crippen molar-refractivity contribution in [3.63, 3.8) is 0 Å². The Morgan fingerprint density at radius 3 is 1.29 bits per heavy atom. The van der Waals surface area contributed by atoms with Gasteiger partial charge in [0.05, 0.1) is 0 Å². The third kappa shape index (κ3) is 4.26. The zero-order chi connectivity index (χ0) is 14.0. The van der Waals surface area contributed by atoms with Crippen molar-refractivity contribution in [3.8, 4) is 0 Å². The lowest BCUT2D eigenvalue weighted by Gasteiger charge is -2.25. The predicted molar refractivity (Wildman–Crippen MR) is 38.8 cm³/mol. The highest BCUT2D eigenvalue weighted by molar-refractivity contribution is 4.89. The predicted octanol–water partition coefficient (Wildman–Crippen LogP) is 1.55. The molecule has 0 aliphatic rings. The Hall–Kier alpha value is -0.640. The second-order valence-electron chi connectivity index (χ2n) is 3.15. The summed E-state index contributed by atoms with van der Waals surface area (Å²) in [6.45, 7) is 0. The van der Waals surface area contributed by atoms with Crippen LogP contribution in [0.15, 0.2) is 0 Å². The molecular formula is C7H8F8O2. The van der Waals surface area contributed by atoms with Crippen LogP contribution in [0.25, 0.3) is 0 Å².